The predicted molar refractivity (Wildman–Crippen MR) is 100.0 cm³/mol. The molecule has 6 heteroatoms. The van der Waals surface area contributed by atoms with Crippen molar-refractivity contribution in [3.8, 4) is 0 Å². The van der Waals surface area contributed by atoms with Gasteiger partial charge in [-0.15, -0.1) is 0 Å². The lowest BCUT2D eigenvalue weighted by molar-refractivity contribution is -0.0754. The molecule has 1 saturated heterocycles. The Balaban J connectivity index is 1.73. The number of nitrogens with zero attached hydrogens (tertiary/aromatic N) is 3. The van der Waals surface area contributed by atoms with Crippen molar-refractivity contribution in [2.45, 2.75) is 77.0 Å². The molecule has 2 fully saturated rings. The Kier molecular flexibility index (Phi) is 5.19. The molecule has 2 heterocycles. The van der Waals surface area contributed by atoms with Crippen LogP contribution in [0.15, 0.2) is 10.6 Å². The van der Waals surface area contributed by atoms with Gasteiger partial charge in [-0.2, -0.15) is 0 Å². The molecule has 1 aromatic rings. The van der Waals surface area contributed by atoms with E-state index in [1.54, 1.807) is 11.0 Å². The molecule has 4 atom stereocenters. The van der Waals surface area contributed by atoms with E-state index in [0.29, 0.717) is 18.3 Å². The Bertz CT molecular complexity index is 656. The van der Waals surface area contributed by atoms with Crippen LogP contribution in [0.1, 0.15) is 69.1 Å². The van der Waals surface area contributed by atoms with Gasteiger partial charge in [0.05, 0.1) is 11.3 Å². The minimum absolute atomic E-state index is 0.130. The Labute approximate surface area is 156 Å². The number of fused-ring (bicyclic) bond motifs is 1. The molecule has 1 aromatic heterocycles. The van der Waals surface area contributed by atoms with Gasteiger partial charge in [-0.05, 0) is 39.7 Å². The van der Waals surface area contributed by atoms with Gasteiger partial charge in [0.25, 0.3) is 5.91 Å². The minimum atomic E-state index is -0.666. The van der Waals surface area contributed by atoms with Crippen molar-refractivity contribution in [2.75, 3.05) is 20.6 Å². The van der Waals surface area contributed by atoms with Gasteiger partial charge in [-0.3, -0.25) is 9.69 Å². The van der Waals surface area contributed by atoms with Gasteiger partial charge < -0.3 is 14.5 Å². The first-order valence-electron chi connectivity index (χ1n) is 9.85. The number of carbonyl (C=O) groups excluding carboxylic acids is 1. The fourth-order valence-corrected chi connectivity index (χ4v) is 5.03. The number of aliphatic hydroxyl groups is 1. The molecule has 0 aromatic carbocycles. The maximum atomic E-state index is 12.7. The Hall–Kier alpha value is -1.40. The molecule has 1 saturated carbocycles. The molecule has 1 amide bonds. The summed E-state index contributed by atoms with van der Waals surface area (Å²) in [5.41, 5.74) is -0.0136. The van der Waals surface area contributed by atoms with Crippen molar-refractivity contribution in [1.29, 1.82) is 0 Å². The fraction of sp³-hybridized carbons (Fsp3) is 0.800. The van der Waals surface area contributed by atoms with Crippen LogP contribution in [0.5, 0.6) is 0 Å². The van der Waals surface area contributed by atoms with Crippen LogP contribution in [0, 0.1) is 5.41 Å². The van der Waals surface area contributed by atoms with Crippen molar-refractivity contribution >= 4 is 5.91 Å². The highest BCUT2D eigenvalue weighted by atomic mass is 16.5. The van der Waals surface area contributed by atoms with Gasteiger partial charge in [0.2, 0.25) is 5.76 Å². The van der Waals surface area contributed by atoms with E-state index in [9.17, 15) is 9.90 Å². The first kappa shape index (κ1) is 19.4. The molecule has 0 radical (unpaired) electrons. The molecule has 1 aliphatic carbocycles. The fourth-order valence-electron chi connectivity index (χ4n) is 5.03. The molecule has 6 nitrogen and oxygen atoms in total. The van der Waals surface area contributed by atoms with Crippen LogP contribution < -0.4 is 0 Å². The number of aryl methyl sites for hydroxylation is 1. The van der Waals surface area contributed by atoms with Crippen molar-refractivity contribution in [1.82, 2.24) is 15.0 Å². The minimum Gasteiger partial charge on any atom is -0.390 e. The normalized spacial score (nSPS) is 35.2. The third kappa shape index (κ3) is 3.18. The number of likely N-dealkylation sites (tertiary alicyclic amines) is 1. The van der Waals surface area contributed by atoms with Gasteiger partial charge >= 0.3 is 0 Å². The quantitative estimate of drug-likeness (QED) is 0.891. The van der Waals surface area contributed by atoms with E-state index >= 15 is 0 Å². The van der Waals surface area contributed by atoms with Crippen LogP contribution in [0.3, 0.4) is 0 Å². The average molecular weight is 364 g/mol. The van der Waals surface area contributed by atoms with Crippen molar-refractivity contribution in [2.24, 2.45) is 5.41 Å². The predicted octanol–water partition coefficient (Wildman–Crippen LogP) is 2.71. The summed E-state index contributed by atoms with van der Waals surface area (Å²) in [6.07, 6.45) is 5.85. The lowest BCUT2D eigenvalue weighted by Gasteiger charge is -2.43. The molecule has 1 N–H and O–H groups in total. The molecule has 0 spiro atoms. The molecule has 0 bridgehead atoms. The molecule has 146 valence electrons. The van der Waals surface area contributed by atoms with Crippen LogP contribution in [-0.4, -0.2) is 64.3 Å². The third-order valence-corrected chi connectivity index (χ3v) is 7.05. The van der Waals surface area contributed by atoms with E-state index in [2.05, 4.69) is 24.0 Å². The van der Waals surface area contributed by atoms with E-state index in [1.807, 2.05) is 20.9 Å². The van der Waals surface area contributed by atoms with Crippen LogP contribution in [-0.2, 0) is 6.42 Å². The van der Waals surface area contributed by atoms with Crippen molar-refractivity contribution in [3.05, 3.63) is 17.5 Å². The lowest BCUT2D eigenvalue weighted by atomic mass is 9.67. The summed E-state index contributed by atoms with van der Waals surface area (Å²) < 4.78 is 5.20. The molecule has 3 rings (SSSR count). The molecule has 2 aliphatic rings. The second-order valence-corrected chi connectivity index (χ2v) is 8.70. The van der Waals surface area contributed by atoms with Crippen molar-refractivity contribution in [3.63, 3.8) is 0 Å². The Morgan fingerprint density at radius 2 is 2.19 bits per heavy atom. The second-order valence-electron chi connectivity index (χ2n) is 8.70. The highest BCUT2D eigenvalue weighted by Crippen LogP contribution is 2.52. The number of hydrogen-bond donors (Lipinski definition) is 1. The number of likely N-dealkylation sites (N-methyl/N-ethyl adjacent to an activating group) is 2. The highest BCUT2D eigenvalue weighted by molar-refractivity contribution is 5.91. The summed E-state index contributed by atoms with van der Waals surface area (Å²) in [7, 11) is 3.96. The number of hydrogen-bond acceptors (Lipinski definition) is 5. The van der Waals surface area contributed by atoms with Crippen LogP contribution >= 0.6 is 0 Å². The summed E-state index contributed by atoms with van der Waals surface area (Å²) >= 11 is 0. The van der Waals surface area contributed by atoms with Gasteiger partial charge in [0, 0.05) is 37.2 Å². The van der Waals surface area contributed by atoms with Gasteiger partial charge in [-0.1, -0.05) is 31.8 Å². The van der Waals surface area contributed by atoms with E-state index in [-0.39, 0.29) is 17.4 Å². The van der Waals surface area contributed by atoms with E-state index < -0.39 is 5.60 Å². The summed E-state index contributed by atoms with van der Waals surface area (Å²) in [5.74, 6) is 0.173. The monoisotopic (exact) mass is 363 g/mol. The Morgan fingerprint density at radius 3 is 2.85 bits per heavy atom. The third-order valence-electron chi connectivity index (χ3n) is 7.05. The van der Waals surface area contributed by atoms with Crippen molar-refractivity contribution < 1.29 is 14.4 Å². The van der Waals surface area contributed by atoms with Gasteiger partial charge in [-0.25, -0.2) is 0 Å². The smallest absolute Gasteiger partial charge is 0.292 e. The largest absolute Gasteiger partial charge is 0.390 e. The molecular formula is C20H33N3O3. The van der Waals surface area contributed by atoms with Gasteiger partial charge in [0.1, 0.15) is 0 Å². The zero-order valence-electron chi connectivity index (χ0n) is 16.8. The SMILES string of the molecule is CCc1cc(C(=O)N(C)C[C@H]2C[C@]3(C)[C@@H](CCCC[C@]3(C)O)N2C)on1. The van der Waals surface area contributed by atoms with Gasteiger partial charge in [0.15, 0.2) is 0 Å². The number of rotatable bonds is 4. The average Bonchev–Trinajstić information content (AvgIpc) is 3.13. The Morgan fingerprint density at radius 1 is 1.46 bits per heavy atom. The first-order chi connectivity index (χ1) is 12.2. The standard InChI is InChI=1S/C20H33N3O3/c1-6-14-11-16(26-21-14)18(24)22(4)13-15-12-19(2)17(23(15)5)9-7-8-10-20(19,3)25/h11,15,17,25H,6-10,12-13H2,1-5H3/t15-,17-,19-,20+/m1/s1. The maximum absolute atomic E-state index is 12.7. The zero-order valence-corrected chi connectivity index (χ0v) is 16.8. The zero-order chi connectivity index (χ0) is 19.1. The first-order valence-corrected chi connectivity index (χ1v) is 9.85. The summed E-state index contributed by atoms with van der Waals surface area (Å²) in [5, 5.41) is 15.1. The van der Waals surface area contributed by atoms with Crippen LogP contribution in [0.2, 0.25) is 0 Å². The maximum Gasteiger partial charge on any atom is 0.292 e. The summed E-state index contributed by atoms with van der Waals surface area (Å²) in [6.45, 7) is 6.84. The second kappa shape index (κ2) is 6.97. The van der Waals surface area contributed by atoms with E-state index in [4.69, 9.17) is 4.52 Å². The van der Waals surface area contributed by atoms with Crippen LogP contribution in [0.4, 0.5) is 0 Å². The molecule has 1 aliphatic heterocycles. The molecule has 0 unspecified atom stereocenters. The lowest BCUT2D eigenvalue weighted by Crippen LogP contribution is -2.50. The van der Waals surface area contributed by atoms with E-state index in [1.165, 1.54) is 0 Å². The molecular weight excluding hydrogens is 330 g/mol. The molecule has 26 heavy (non-hydrogen) atoms. The summed E-state index contributed by atoms with van der Waals surface area (Å²) in [6, 6.07) is 2.32. The topological polar surface area (TPSA) is 69.8 Å². The number of amides is 1. The van der Waals surface area contributed by atoms with E-state index in [0.717, 1.165) is 44.2 Å². The summed E-state index contributed by atoms with van der Waals surface area (Å²) in [4.78, 5) is 16.8. The number of carbonyl (C=O) groups is 1. The number of aromatic nitrogens is 1. The highest BCUT2D eigenvalue weighted by Gasteiger charge is 2.57. The van der Waals surface area contributed by atoms with Crippen LogP contribution in [0.25, 0.3) is 0 Å².